The van der Waals surface area contributed by atoms with Gasteiger partial charge in [0.25, 0.3) is 0 Å². The number of hydrogen-bond acceptors (Lipinski definition) is 2. The van der Waals surface area contributed by atoms with Crippen LogP contribution in [0.2, 0.25) is 18.0 Å². The molecular weight excluding hydrogens is 642 g/mol. The van der Waals surface area contributed by atoms with Crippen molar-refractivity contribution in [3.05, 3.63) is 156 Å². The van der Waals surface area contributed by atoms with Crippen molar-refractivity contribution in [2.24, 2.45) is 46.3 Å². The van der Waals surface area contributed by atoms with E-state index in [1.165, 1.54) is 25.7 Å². The number of allylic oxidation sites excluding steroid dienone is 1. The summed E-state index contributed by atoms with van der Waals surface area (Å²) in [5.41, 5.74) is 3.52. The fraction of sp³-hybridized carbons (Fsp3) is 0.469. The highest BCUT2D eigenvalue weighted by molar-refractivity contribution is 6.67. The van der Waals surface area contributed by atoms with Crippen molar-refractivity contribution in [2.75, 3.05) is 0 Å². The van der Waals surface area contributed by atoms with E-state index in [0.717, 1.165) is 69.4 Å². The lowest BCUT2D eigenvalue weighted by Crippen LogP contribution is -2.59. The molecule has 8 atom stereocenters. The summed E-state index contributed by atoms with van der Waals surface area (Å²) < 4.78 is 15.2. The van der Waals surface area contributed by atoms with Crippen molar-refractivity contribution in [3.63, 3.8) is 0 Å². The average Bonchev–Trinajstić information content (AvgIpc) is 3.55. The minimum atomic E-state index is -0.925. The predicted octanol–water partition coefficient (Wildman–Crippen LogP) is 12.1. The molecule has 0 spiro atoms. The zero-order valence-corrected chi connectivity index (χ0v) is 32.8. The molecule has 8 unspecified atom stereocenters. The third kappa shape index (κ3) is 5.28. The summed E-state index contributed by atoms with van der Waals surface area (Å²) in [5.74, 6) is 9.14. The Kier molecular flexibility index (Phi) is 8.78. The van der Waals surface area contributed by atoms with Crippen LogP contribution >= 0.6 is 0 Å². The first-order valence-corrected chi connectivity index (χ1v) is 20.8. The number of hydrogen-bond donors (Lipinski definition) is 0. The molecule has 2 nitrogen and oxygen atoms in total. The molecule has 1 heterocycles. The van der Waals surface area contributed by atoms with E-state index < -0.39 is 18.3 Å². The Bertz CT molecular complexity index is 1700. The summed E-state index contributed by atoms with van der Waals surface area (Å²) in [7, 11) is -0.444. The molecule has 7 aliphatic rings. The quantitative estimate of drug-likeness (QED) is 0.162. The Morgan fingerprint density at radius 3 is 1.19 bits per heavy atom. The standard InChI is InChI=1S/C49H58B2O2/c1-34-42-30-40(46(42,3)4)32-44(34)50(45-33-41-31-43(35(45)2)47(41,5)6)28-19-29-51-52-48(36-20-11-7-12-21-36,37-22-13-8-14-23-37)49(53-51,38-24-15-9-16-25-38)39-26-17-10-18-27-39/h7-28,34-35,40-45H,29-33H2,1-6H3/b28-19+. The van der Waals surface area contributed by atoms with Gasteiger partial charge in [-0.3, -0.25) is 0 Å². The van der Waals surface area contributed by atoms with Crippen molar-refractivity contribution < 1.29 is 9.31 Å². The van der Waals surface area contributed by atoms with Crippen LogP contribution in [0.15, 0.2) is 133 Å². The van der Waals surface area contributed by atoms with Gasteiger partial charge in [-0.1, -0.05) is 193 Å². The molecule has 0 N–H and O–H groups in total. The minimum Gasteiger partial charge on any atom is -0.394 e. The summed E-state index contributed by atoms with van der Waals surface area (Å²) in [6, 6.07) is 43.2. The molecule has 4 heteroatoms. The van der Waals surface area contributed by atoms with Crippen LogP contribution in [0.25, 0.3) is 0 Å². The van der Waals surface area contributed by atoms with Gasteiger partial charge < -0.3 is 9.31 Å². The van der Waals surface area contributed by atoms with E-state index in [0.29, 0.717) is 23.9 Å². The predicted molar refractivity (Wildman–Crippen MR) is 221 cm³/mol. The summed E-state index contributed by atoms with van der Waals surface area (Å²) in [6.07, 6.45) is 8.83. The van der Waals surface area contributed by atoms with E-state index in [9.17, 15) is 0 Å². The molecule has 7 fully saturated rings. The average molecular weight is 701 g/mol. The van der Waals surface area contributed by atoms with Crippen LogP contribution in [0.3, 0.4) is 0 Å². The van der Waals surface area contributed by atoms with E-state index in [4.69, 9.17) is 9.31 Å². The SMILES string of the molecule is CC1C(B(/C=C/CB2OC(c3ccccc3)(c3ccccc3)C(c3ccccc3)(c3ccccc3)O2)C2CC3CC(C2C)C3(C)C)CC2CC1C2(C)C. The smallest absolute Gasteiger partial charge is 0.394 e. The lowest BCUT2D eigenvalue weighted by atomic mass is 9.21. The lowest BCUT2D eigenvalue weighted by molar-refractivity contribution is -0.107. The fourth-order valence-corrected chi connectivity index (χ4v) is 13.1. The maximum Gasteiger partial charge on any atom is 0.462 e. The topological polar surface area (TPSA) is 18.5 Å². The Balaban J connectivity index is 1.12. The first-order valence-electron chi connectivity index (χ1n) is 20.8. The van der Waals surface area contributed by atoms with Gasteiger partial charge in [-0.05, 0) is 87.8 Å². The minimum absolute atomic E-state index is 0.444. The van der Waals surface area contributed by atoms with Gasteiger partial charge >= 0.3 is 7.12 Å². The molecule has 11 rings (SSSR count). The first-order chi connectivity index (χ1) is 25.6. The Hall–Kier alpha value is -3.33. The van der Waals surface area contributed by atoms with E-state index in [1.54, 1.807) is 0 Å². The fourth-order valence-electron chi connectivity index (χ4n) is 13.1. The maximum atomic E-state index is 7.59. The number of fused-ring (bicyclic) bond motifs is 4. The van der Waals surface area contributed by atoms with Crippen LogP contribution in [-0.4, -0.2) is 13.8 Å². The summed E-state index contributed by atoms with van der Waals surface area (Å²) in [4.78, 5) is 0. The first kappa shape index (κ1) is 35.4. The summed E-state index contributed by atoms with van der Waals surface area (Å²) in [5, 5.41) is 0. The van der Waals surface area contributed by atoms with Crippen LogP contribution < -0.4 is 0 Å². The van der Waals surface area contributed by atoms with Gasteiger partial charge in [-0.2, -0.15) is 0 Å². The van der Waals surface area contributed by atoms with Gasteiger partial charge in [0.05, 0.1) is 0 Å². The summed E-state index contributed by atoms with van der Waals surface area (Å²) in [6.45, 7) is 16.0. The maximum absolute atomic E-state index is 7.59. The normalized spacial score (nSPS) is 32.8. The molecule has 4 bridgehead atoms. The van der Waals surface area contributed by atoms with Crippen LogP contribution in [0.1, 0.15) is 89.5 Å². The molecule has 6 saturated carbocycles. The molecule has 6 aliphatic carbocycles. The van der Waals surface area contributed by atoms with E-state index in [-0.39, 0.29) is 0 Å². The van der Waals surface area contributed by atoms with Gasteiger partial charge in [0, 0.05) is 0 Å². The molecule has 1 saturated heterocycles. The molecule has 4 aromatic rings. The van der Waals surface area contributed by atoms with Crippen molar-refractivity contribution >= 4 is 13.8 Å². The Morgan fingerprint density at radius 1 is 0.547 bits per heavy atom. The molecule has 53 heavy (non-hydrogen) atoms. The summed E-state index contributed by atoms with van der Waals surface area (Å²) >= 11 is 0. The highest BCUT2D eigenvalue weighted by Crippen LogP contribution is 2.69. The third-order valence-electron chi connectivity index (χ3n) is 16.3. The van der Waals surface area contributed by atoms with Crippen molar-refractivity contribution in [2.45, 2.75) is 96.4 Å². The zero-order chi connectivity index (χ0) is 36.6. The van der Waals surface area contributed by atoms with Gasteiger partial charge in [0.2, 0.25) is 0 Å². The van der Waals surface area contributed by atoms with Crippen LogP contribution in [0.5, 0.6) is 0 Å². The van der Waals surface area contributed by atoms with E-state index in [1.807, 2.05) is 0 Å². The van der Waals surface area contributed by atoms with E-state index >= 15 is 0 Å². The van der Waals surface area contributed by atoms with E-state index in [2.05, 4.69) is 175 Å². The largest absolute Gasteiger partial charge is 0.462 e. The van der Waals surface area contributed by atoms with Gasteiger partial charge in [0.1, 0.15) is 11.2 Å². The van der Waals surface area contributed by atoms with Crippen molar-refractivity contribution in [1.82, 2.24) is 0 Å². The molecule has 0 aromatic heterocycles. The van der Waals surface area contributed by atoms with Crippen LogP contribution in [0, 0.1) is 46.3 Å². The third-order valence-corrected chi connectivity index (χ3v) is 16.3. The van der Waals surface area contributed by atoms with Gasteiger partial charge in [-0.25, -0.2) is 0 Å². The number of rotatable bonds is 9. The van der Waals surface area contributed by atoms with Crippen LogP contribution in [-0.2, 0) is 20.5 Å². The molecule has 0 amide bonds. The molecule has 1 aliphatic heterocycles. The van der Waals surface area contributed by atoms with Crippen LogP contribution in [0.4, 0.5) is 0 Å². The molecule has 272 valence electrons. The second-order valence-corrected chi connectivity index (χ2v) is 19.0. The zero-order valence-electron chi connectivity index (χ0n) is 32.8. The lowest BCUT2D eigenvalue weighted by Gasteiger charge is -2.66. The molecule has 4 aromatic carbocycles. The second-order valence-electron chi connectivity index (χ2n) is 19.0. The monoisotopic (exact) mass is 700 g/mol. The highest BCUT2D eigenvalue weighted by Gasteiger charge is 2.66. The Labute approximate surface area is 320 Å². The van der Waals surface area contributed by atoms with Crippen molar-refractivity contribution in [1.29, 1.82) is 0 Å². The number of benzene rings is 4. The van der Waals surface area contributed by atoms with Gasteiger partial charge in [-0.15, -0.1) is 5.98 Å². The molecule has 0 radical (unpaired) electrons. The second kappa shape index (κ2) is 13.2. The van der Waals surface area contributed by atoms with Gasteiger partial charge in [0.15, 0.2) is 6.71 Å². The Morgan fingerprint density at radius 2 is 0.887 bits per heavy atom. The van der Waals surface area contributed by atoms with Crippen molar-refractivity contribution in [3.8, 4) is 0 Å². The highest BCUT2D eigenvalue weighted by atomic mass is 16.7. The molecular formula is C49H58B2O2.